The van der Waals surface area contributed by atoms with E-state index in [9.17, 15) is 9.59 Å². The molecule has 1 heterocycles. The van der Waals surface area contributed by atoms with E-state index < -0.39 is 0 Å². The number of para-hydroxylation sites is 1. The number of benzene rings is 2. The van der Waals surface area contributed by atoms with Gasteiger partial charge in [0.25, 0.3) is 11.5 Å². The Balaban J connectivity index is 1.82. The van der Waals surface area contributed by atoms with Crippen LogP contribution in [0.5, 0.6) is 0 Å². The molecule has 0 aliphatic heterocycles. The van der Waals surface area contributed by atoms with Gasteiger partial charge in [-0.15, -0.1) is 0 Å². The molecule has 0 saturated heterocycles. The second-order valence-corrected chi connectivity index (χ2v) is 6.76. The number of hydrogen-bond acceptors (Lipinski definition) is 4. The van der Waals surface area contributed by atoms with Crippen LogP contribution < -0.4 is 10.9 Å². The number of nitrogens with one attached hydrogen (secondary N) is 1. The van der Waals surface area contributed by atoms with E-state index >= 15 is 0 Å². The Morgan fingerprint density at radius 3 is 2.54 bits per heavy atom. The van der Waals surface area contributed by atoms with E-state index in [4.69, 9.17) is 0 Å². The molecule has 6 heteroatoms. The van der Waals surface area contributed by atoms with Gasteiger partial charge in [-0.3, -0.25) is 9.59 Å². The minimum absolute atomic E-state index is 0.205. The number of rotatable bonds is 6. The van der Waals surface area contributed by atoms with Crippen LogP contribution >= 0.6 is 11.8 Å². The highest BCUT2D eigenvalue weighted by molar-refractivity contribution is 7.99. The van der Waals surface area contributed by atoms with Crippen molar-refractivity contribution in [3.63, 3.8) is 0 Å². The number of carbonyl (C=O) groups is 1. The molecule has 0 atom stereocenters. The van der Waals surface area contributed by atoms with E-state index in [1.54, 1.807) is 11.8 Å². The maximum atomic E-state index is 12.6. The molecule has 0 radical (unpaired) electrons. The van der Waals surface area contributed by atoms with Gasteiger partial charge in [0, 0.05) is 22.4 Å². The van der Waals surface area contributed by atoms with Crippen LogP contribution in [0, 0.1) is 0 Å². The molecular formula is C20H19N3O2S. The minimum Gasteiger partial charge on any atom is -0.320 e. The van der Waals surface area contributed by atoms with E-state index in [1.165, 1.54) is 16.8 Å². The maximum Gasteiger partial charge on any atom is 0.276 e. The number of anilines is 1. The Kier molecular flexibility index (Phi) is 5.86. The van der Waals surface area contributed by atoms with Gasteiger partial charge in [0.2, 0.25) is 0 Å². The van der Waals surface area contributed by atoms with Crippen molar-refractivity contribution < 1.29 is 4.79 Å². The summed E-state index contributed by atoms with van der Waals surface area (Å²) < 4.78 is 1.32. The summed E-state index contributed by atoms with van der Waals surface area (Å²) in [6.07, 6.45) is 0.772. The molecule has 0 unspecified atom stereocenters. The van der Waals surface area contributed by atoms with Gasteiger partial charge in [0.05, 0.1) is 5.69 Å². The fourth-order valence-corrected chi connectivity index (χ4v) is 3.33. The van der Waals surface area contributed by atoms with Crippen molar-refractivity contribution >= 4 is 23.4 Å². The first-order chi connectivity index (χ1) is 12.7. The Hall–Kier alpha value is -2.86. The predicted octanol–water partition coefficient (Wildman–Crippen LogP) is 4.06. The summed E-state index contributed by atoms with van der Waals surface area (Å²) in [7, 11) is 0. The predicted molar refractivity (Wildman–Crippen MR) is 104 cm³/mol. The second kappa shape index (κ2) is 8.49. The van der Waals surface area contributed by atoms with E-state index in [0.29, 0.717) is 12.2 Å². The molecule has 26 heavy (non-hydrogen) atoms. The normalized spacial score (nSPS) is 10.5. The largest absolute Gasteiger partial charge is 0.320 e. The molecule has 2 aromatic carbocycles. The van der Waals surface area contributed by atoms with Crippen molar-refractivity contribution in [2.24, 2.45) is 0 Å². The summed E-state index contributed by atoms with van der Waals surface area (Å²) in [5, 5.41) is 7.06. The Morgan fingerprint density at radius 2 is 1.77 bits per heavy atom. The smallest absolute Gasteiger partial charge is 0.276 e. The summed E-state index contributed by atoms with van der Waals surface area (Å²) in [5.41, 5.74) is 0.724. The summed E-state index contributed by atoms with van der Waals surface area (Å²) in [6.45, 7) is 2.44. The third kappa shape index (κ3) is 4.40. The van der Waals surface area contributed by atoms with Crippen molar-refractivity contribution in [1.82, 2.24) is 9.78 Å². The van der Waals surface area contributed by atoms with E-state index in [-0.39, 0.29) is 17.2 Å². The Bertz CT molecular complexity index is 955. The lowest BCUT2D eigenvalue weighted by molar-refractivity contribution is 0.101. The monoisotopic (exact) mass is 365 g/mol. The molecule has 0 aliphatic carbocycles. The fraction of sp³-hybridized carbons (Fsp3) is 0.150. The molecule has 0 aliphatic rings. The highest BCUT2D eigenvalue weighted by Crippen LogP contribution is 2.33. The van der Waals surface area contributed by atoms with Gasteiger partial charge in [-0.05, 0) is 36.8 Å². The van der Waals surface area contributed by atoms with E-state index in [1.807, 2.05) is 61.5 Å². The maximum absolute atomic E-state index is 12.6. The third-order valence-corrected chi connectivity index (χ3v) is 4.72. The lowest BCUT2D eigenvalue weighted by Crippen LogP contribution is -2.26. The average molecular weight is 365 g/mol. The fourth-order valence-electron chi connectivity index (χ4n) is 2.40. The first kappa shape index (κ1) is 17.9. The van der Waals surface area contributed by atoms with Gasteiger partial charge < -0.3 is 5.32 Å². The first-order valence-electron chi connectivity index (χ1n) is 8.39. The van der Waals surface area contributed by atoms with Crippen LogP contribution in [0.25, 0.3) is 0 Å². The van der Waals surface area contributed by atoms with Crippen LogP contribution in [0.15, 0.2) is 81.3 Å². The zero-order chi connectivity index (χ0) is 18.4. The number of nitrogens with zero attached hydrogens (tertiary/aromatic N) is 2. The molecule has 1 N–H and O–H groups in total. The molecule has 3 aromatic rings. The molecule has 1 amide bonds. The molecule has 0 fully saturated rings. The number of aryl methyl sites for hydroxylation is 1. The highest BCUT2D eigenvalue weighted by atomic mass is 32.2. The van der Waals surface area contributed by atoms with Gasteiger partial charge in [-0.25, -0.2) is 4.68 Å². The van der Waals surface area contributed by atoms with Gasteiger partial charge in [0.15, 0.2) is 0 Å². The summed E-state index contributed by atoms with van der Waals surface area (Å²) >= 11 is 1.57. The van der Waals surface area contributed by atoms with Crippen LogP contribution in [-0.2, 0) is 6.54 Å². The van der Waals surface area contributed by atoms with Crippen LogP contribution in [0.1, 0.15) is 23.8 Å². The van der Waals surface area contributed by atoms with Gasteiger partial charge in [-0.2, -0.15) is 5.10 Å². The van der Waals surface area contributed by atoms with Gasteiger partial charge >= 0.3 is 0 Å². The summed E-state index contributed by atoms with van der Waals surface area (Å²) in [5.74, 6) is -0.337. The number of hydrogen-bond donors (Lipinski definition) is 1. The first-order valence-corrected chi connectivity index (χ1v) is 9.20. The van der Waals surface area contributed by atoms with Crippen LogP contribution in [0.3, 0.4) is 0 Å². The summed E-state index contributed by atoms with van der Waals surface area (Å²) in [4.78, 5) is 26.4. The SMILES string of the molecule is CCCn1nc(C(=O)Nc2ccccc2Sc2ccccc2)ccc1=O. The zero-order valence-corrected chi connectivity index (χ0v) is 15.2. The molecular weight excluding hydrogens is 346 g/mol. The quantitative estimate of drug-likeness (QED) is 0.715. The van der Waals surface area contributed by atoms with Crippen molar-refractivity contribution in [2.75, 3.05) is 5.32 Å². The number of aromatic nitrogens is 2. The average Bonchev–Trinajstić information content (AvgIpc) is 2.66. The molecule has 0 spiro atoms. The zero-order valence-electron chi connectivity index (χ0n) is 14.4. The molecule has 0 bridgehead atoms. The highest BCUT2D eigenvalue weighted by Gasteiger charge is 2.12. The van der Waals surface area contributed by atoms with E-state index in [2.05, 4.69) is 10.4 Å². The van der Waals surface area contributed by atoms with Gasteiger partial charge in [0.1, 0.15) is 5.69 Å². The summed E-state index contributed by atoms with van der Waals surface area (Å²) in [6, 6.07) is 20.4. The molecule has 0 saturated carbocycles. The van der Waals surface area contributed by atoms with Crippen molar-refractivity contribution in [2.45, 2.75) is 29.7 Å². The molecule has 1 aromatic heterocycles. The standard InChI is InChI=1S/C20H19N3O2S/c1-2-14-23-19(24)13-12-17(22-23)20(25)21-16-10-6-7-11-18(16)26-15-8-4-3-5-9-15/h3-13H,2,14H2,1H3,(H,21,25). The van der Waals surface area contributed by atoms with Gasteiger partial charge in [-0.1, -0.05) is 49.0 Å². The minimum atomic E-state index is -0.337. The second-order valence-electron chi connectivity index (χ2n) is 5.65. The van der Waals surface area contributed by atoms with Crippen LogP contribution in [0.4, 0.5) is 5.69 Å². The Labute approximate surface area is 156 Å². The third-order valence-electron chi connectivity index (χ3n) is 3.64. The number of carbonyl (C=O) groups excluding carboxylic acids is 1. The van der Waals surface area contributed by atoms with Crippen molar-refractivity contribution in [3.8, 4) is 0 Å². The topological polar surface area (TPSA) is 64.0 Å². The van der Waals surface area contributed by atoms with Crippen molar-refractivity contribution in [1.29, 1.82) is 0 Å². The molecule has 5 nitrogen and oxygen atoms in total. The van der Waals surface area contributed by atoms with Crippen LogP contribution in [-0.4, -0.2) is 15.7 Å². The lowest BCUT2D eigenvalue weighted by Gasteiger charge is -2.11. The lowest BCUT2D eigenvalue weighted by atomic mass is 10.3. The molecule has 132 valence electrons. The molecule has 3 rings (SSSR count). The van der Waals surface area contributed by atoms with E-state index in [0.717, 1.165) is 16.2 Å². The van der Waals surface area contributed by atoms with Crippen molar-refractivity contribution in [3.05, 3.63) is 82.8 Å². The number of amides is 1. The Morgan fingerprint density at radius 1 is 1.04 bits per heavy atom. The van der Waals surface area contributed by atoms with Crippen LogP contribution in [0.2, 0.25) is 0 Å².